The van der Waals surface area contributed by atoms with Crippen molar-refractivity contribution >= 4 is 57.3 Å². The van der Waals surface area contributed by atoms with E-state index in [0.29, 0.717) is 50.0 Å². The number of ketones is 2. The number of carbonyl (C=O) groups is 4. The van der Waals surface area contributed by atoms with Crippen LogP contribution in [0.5, 0.6) is 5.75 Å². The first-order valence-electron chi connectivity index (χ1n) is 18.7. The summed E-state index contributed by atoms with van der Waals surface area (Å²) < 4.78 is 5.95. The topological polar surface area (TPSA) is 118 Å². The van der Waals surface area contributed by atoms with E-state index in [-0.39, 0.29) is 42.0 Å². The fourth-order valence-electron chi connectivity index (χ4n) is 9.98. The third-order valence-corrected chi connectivity index (χ3v) is 12.6. The average molecular weight is 757 g/mol. The number of oxazole rings is 1. The molecule has 2 amide bonds. The molecule has 6 atom stereocenters. The zero-order valence-corrected chi connectivity index (χ0v) is 30.6. The van der Waals surface area contributed by atoms with Gasteiger partial charge in [-0.1, -0.05) is 96.0 Å². The summed E-state index contributed by atoms with van der Waals surface area (Å²) in [6.45, 7) is 0. The van der Waals surface area contributed by atoms with Gasteiger partial charge in [0, 0.05) is 33.6 Å². The lowest BCUT2D eigenvalue weighted by atomic mass is 9.44. The smallest absolute Gasteiger partial charge is 0.238 e. The highest BCUT2D eigenvalue weighted by atomic mass is 35.5. The number of anilines is 1. The van der Waals surface area contributed by atoms with Crippen LogP contribution in [0.15, 0.2) is 150 Å². The van der Waals surface area contributed by atoms with E-state index in [1.807, 2.05) is 91.0 Å². The number of fused-ring (bicyclic) bond motifs is 5. The van der Waals surface area contributed by atoms with Gasteiger partial charge in [0.25, 0.3) is 0 Å². The van der Waals surface area contributed by atoms with Crippen LogP contribution in [-0.2, 0) is 24.6 Å². The van der Waals surface area contributed by atoms with Gasteiger partial charge >= 0.3 is 0 Å². The van der Waals surface area contributed by atoms with Gasteiger partial charge in [0.15, 0.2) is 17.1 Å². The molecule has 1 N–H and O–H groups in total. The first-order chi connectivity index (χ1) is 27.3. The molecular weight excluding hydrogens is 724 g/mol. The van der Waals surface area contributed by atoms with Crippen LogP contribution >= 0.6 is 11.6 Å². The first-order valence-corrected chi connectivity index (χ1v) is 19.1. The Morgan fingerprint density at radius 2 is 1.48 bits per heavy atom. The van der Waals surface area contributed by atoms with Crippen molar-refractivity contribution < 1.29 is 28.7 Å². The summed E-state index contributed by atoms with van der Waals surface area (Å²) in [4.78, 5) is 65.3. The van der Waals surface area contributed by atoms with Gasteiger partial charge in [0.1, 0.15) is 11.3 Å². The van der Waals surface area contributed by atoms with E-state index in [1.165, 1.54) is 17.0 Å². The quantitative estimate of drug-likeness (QED) is 0.138. The minimum Gasteiger partial charge on any atom is -0.508 e. The van der Waals surface area contributed by atoms with E-state index in [1.54, 1.807) is 36.4 Å². The largest absolute Gasteiger partial charge is 0.508 e. The second-order valence-electron chi connectivity index (χ2n) is 15.0. The van der Waals surface area contributed by atoms with Crippen molar-refractivity contribution in [2.45, 2.75) is 24.2 Å². The van der Waals surface area contributed by atoms with Crippen molar-refractivity contribution in [3.63, 3.8) is 0 Å². The van der Waals surface area contributed by atoms with Crippen LogP contribution in [0, 0.1) is 23.7 Å². The highest BCUT2D eigenvalue weighted by molar-refractivity contribution is 6.32. The zero-order chi connectivity index (χ0) is 38.3. The summed E-state index contributed by atoms with van der Waals surface area (Å²) in [5, 5.41) is 11.9. The zero-order valence-electron chi connectivity index (χ0n) is 29.8. The Hall–Kier alpha value is -6.38. The number of nitrogens with zero attached hydrogens (tertiary/aromatic N) is 2. The number of phenolic OH excluding ortho intramolecular Hbond substituents is 1. The number of phenols is 1. The number of halogens is 1. The van der Waals surface area contributed by atoms with Crippen molar-refractivity contribution in [1.82, 2.24) is 4.98 Å². The molecule has 0 unspecified atom stereocenters. The van der Waals surface area contributed by atoms with Crippen molar-refractivity contribution in [2.24, 2.45) is 23.7 Å². The number of hydrogen-bond acceptors (Lipinski definition) is 7. The fraction of sp³-hybridized carbons (Fsp3) is 0.170. The van der Waals surface area contributed by atoms with Crippen molar-refractivity contribution in [1.29, 1.82) is 0 Å². The lowest BCUT2D eigenvalue weighted by Gasteiger charge is -2.55. The molecule has 9 heteroatoms. The monoisotopic (exact) mass is 756 g/mol. The predicted molar refractivity (Wildman–Crippen MR) is 212 cm³/mol. The van der Waals surface area contributed by atoms with Gasteiger partial charge in [0.05, 0.1) is 22.9 Å². The molecule has 274 valence electrons. The van der Waals surface area contributed by atoms with Crippen LogP contribution in [0.1, 0.15) is 35.4 Å². The molecule has 0 spiro atoms. The molecule has 2 fully saturated rings. The normalized spacial score (nSPS) is 25.7. The van der Waals surface area contributed by atoms with Crippen molar-refractivity contribution in [2.75, 3.05) is 4.90 Å². The maximum Gasteiger partial charge on any atom is 0.238 e. The Bertz CT molecular complexity index is 2650. The van der Waals surface area contributed by atoms with Gasteiger partial charge in [-0.05, 0) is 90.6 Å². The molecular formula is C47H33ClN2O6. The Balaban J connectivity index is 1.10. The highest BCUT2D eigenvalue weighted by Gasteiger charge is 2.66. The number of allylic oxidation sites excluding steroid dienone is 4. The number of benzene rings is 5. The average Bonchev–Trinajstić information content (AvgIpc) is 3.78. The second-order valence-corrected chi connectivity index (χ2v) is 15.5. The first kappa shape index (κ1) is 34.1. The Labute approximate surface area is 326 Å². The molecule has 0 bridgehead atoms. The maximum atomic E-state index is 15.2. The van der Waals surface area contributed by atoms with Gasteiger partial charge in [-0.25, -0.2) is 4.98 Å². The van der Waals surface area contributed by atoms with Crippen LogP contribution in [0.2, 0.25) is 5.02 Å². The SMILES string of the molecule is O=C1C(c2ccccc2)=CC(=O)[C@@]2(c3ccccc3)[C@@H](c3cc(Cl)ccc3O)C3=CC[C@@H]4C(=O)N(c5ccc(-c6nc7ccccc7o6)cc5)C(=O)[C@@H]4[C@@H]3C[C@@H]12. The molecule has 1 aromatic heterocycles. The van der Waals surface area contributed by atoms with E-state index >= 15 is 9.59 Å². The van der Waals surface area contributed by atoms with Gasteiger partial charge < -0.3 is 9.52 Å². The van der Waals surface area contributed by atoms with Crippen LogP contribution in [0.25, 0.3) is 28.1 Å². The molecule has 1 saturated heterocycles. The number of Topliss-reactive ketones (excluding diaryl/α,β-unsaturated/α-hetero) is 1. The van der Waals surface area contributed by atoms with E-state index in [9.17, 15) is 14.7 Å². The third kappa shape index (κ3) is 4.95. The van der Waals surface area contributed by atoms with E-state index in [0.717, 1.165) is 11.1 Å². The number of carbonyl (C=O) groups excluding carboxylic acids is 4. The Kier molecular flexibility index (Phi) is 7.83. The lowest BCUT2D eigenvalue weighted by molar-refractivity contribution is -0.135. The van der Waals surface area contributed by atoms with Gasteiger partial charge in [-0.3, -0.25) is 24.1 Å². The summed E-state index contributed by atoms with van der Waals surface area (Å²) >= 11 is 6.63. The number of aromatic hydroxyl groups is 1. The molecule has 0 radical (unpaired) electrons. The van der Waals surface area contributed by atoms with E-state index in [2.05, 4.69) is 4.98 Å². The minimum atomic E-state index is -1.47. The Morgan fingerprint density at radius 1 is 0.768 bits per heavy atom. The molecule has 5 aromatic carbocycles. The molecule has 3 aliphatic carbocycles. The molecule has 2 heterocycles. The summed E-state index contributed by atoms with van der Waals surface area (Å²) in [5.41, 5.74) is 3.72. The number of amides is 2. The molecule has 4 aliphatic rings. The van der Waals surface area contributed by atoms with Crippen LogP contribution in [0.4, 0.5) is 5.69 Å². The summed E-state index contributed by atoms with van der Waals surface area (Å²) in [6.07, 6.45) is 3.83. The summed E-state index contributed by atoms with van der Waals surface area (Å²) in [5.74, 6) is -4.70. The van der Waals surface area contributed by atoms with Gasteiger partial charge in [-0.2, -0.15) is 0 Å². The van der Waals surface area contributed by atoms with Gasteiger partial charge in [-0.15, -0.1) is 0 Å². The number of hydrogen-bond donors (Lipinski definition) is 1. The van der Waals surface area contributed by atoms with Crippen LogP contribution in [-0.4, -0.2) is 33.5 Å². The summed E-state index contributed by atoms with van der Waals surface area (Å²) in [6, 6.07) is 37.6. The van der Waals surface area contributed by atoms with Crippen molar-refractivity contribution in [3.8, 4) is 17.2 Å². The Morgan fingerprint density at radius 3 is 2.23 bits per heavy atom. The number of para-hydroxylation sites is 2. The number of imide groups is 1. The minimum absolute atomic E-state index is 0.0790. The fourth-order valence-corrected chi connectivity index (χ4v) is 10.2. The van der Waals surface area contributed by atoms with E-state index < -0.39 is 35.0 Å². The predicted octanol–water partition coefficient (Wildman–Crippen LogP) is 8.88. The molecule has 8 nitrogen and oxygen atoms in total. The molecule has 56 heavy (non-hydrogen) atoms. The van der Waals surface area contributed by atoms with Crippen molar-refractivity contribution in [3.05, 3.63) is 167 Å². The standard InChI is InChI=1S/C47H33ClN2O6/c48-29-17-22-38(51)35(23-29)42-31-20-21-32-41(46(55)50(45(32)54)30-18-15-27(16-19-30)44-49-37-13-7-8-14-39(37)56-44)34(31)24-36-43(53)33(26-9-3-1-4-10-26)25-40(52)47(36,42)28-11-5-2-6-12-28/h1-20,22-23,25,32,34,36,41-42,51H,21,24H2/t32-,34+,36-,41-,42+,47-/m0/s1. The van der Waals surface area contributed by atoms with Crippen LogP contribution in [0.3, 0.4) is 0 Å². The molecule has 6 aromatic rings. The summed E-state index contributed by atoms with van der Waals surface area (Å²) in [7, 11) is 0. The molecule has 1 aliphatic heterocycles. The van der Waals surface area contributed by atoms with E-state index in [4.69, 9.17) is 16.0 Å². The van der Waals surface area contributed by atoms with Gasteiger partial charge in [0.2, 0.25) is 17.7 Å². The highest BCUT2D eigenvalue weighted by Crippen LogP contribution is 2.64. The second kappa shape index (κ2) is 12.9. The number of rotatable bonds is 5. The maximum absolute atomic E-state index is 15.2. The molecule has 1 saturated carbocycles. The number of aromatic nitrogens is 1. The van der Waals surface area contributed by atoms with Crippen LogP contribution < -0.4 is 4.90 Å². The third-order valence-electron chi connectivity index (χ3n) is 12.3. The lowest BCUT2D eigenvalue weighted by Crippen LogP contribution is -2.58. The molecule has 10 rings (SSSR count).